The summed E-state index contributed by atoms with van der Waals surface area (Å²) in [5, 5.41) is 2.82. The van der Waals surface area contributed by atoms with E-state index in [4.69, 9.17) is 4.74 Å². The average Bonchev–Trinajstić information content (AvgIpc) is 3.32. The molecule has 2 aliphatic rings. The summed E-state index contributed by atoms with van der Waals surface area (Å²) in [4.78, 5) is 13.1. The Bertz CT molecular complexity index is 1010. The van der Waals surface area contributed by atoms with E-state index in [2.05, 4.69) is 12.2 Å². The normalized spacial score (nSPS) is 21.9. The van der Waals surface area contributed by atoms with Crippen LogP contribution in [0.3, 0.4) is 0 Å². The molecule has 2 atom stereocenters. The van der Waals surface area contributed by atoms with Gasteiger partial charge in [0.25, 0.3) is 5.91 Å². The molecule has 6 nitrogen and oxygen atoms in total. The van der Waals surface area contributed by atoms with Crippen molar-refractivity contribution in [1.29, 1.82) is 0 Å². The highest BCUT2D eigenvalue weighted by Crippen LogP contribution is 2.40. The number of ether oxygens (including phenoxy) is 1. The van der Waals surface area contributed by atoms with Crippen LogP contribution in [0.5, 0.6) is 5.75 Å². The van der Waals surface area contributed by atoms with Crippen molar-refractivity contribution in [2.24, 2.45) is 0 Å². The number of rotatable bonds is 4. The first kappa shape index (κ1) is 19.0. The zero-order valence-corrected chi connectivity index (χ0v) is 16.8. The zero-order chi connectivity index (χ0) is 19.9. The topological polar surface area (TPSA) is 75.7 Å². The molecule has 0 spiro atoms. The van der Waals surface area contributed by atoms with E-state index >= 15 is 0 Å². The summed E-state index contributed by atoms with van der Waals surface area (Å²) in [6.45, 7) is 5.15. The van der Waals surface area contributed by atoms with Gasteiger partial charge in [-0.1, -0.05) is 25.1 Å². The first-order valence-corrected chi connectivity index (χ1v) is 11.0. The lowest BCUT2D eigenvalue weighted by Gasteiger charge is -2.16. The lowest BCUT2D eigenvalue weighted by molar-refractivity contribution is 0.102. The second-order valence-corrected chi connectivity index (χ2v) is 9.37. The van der Waals surface area contributed by atoms with E-state index in [1.54, 1.807) is 24.3 Å². The van der Waals surface area contributed by atoms with E-state index in [-0.39, 0.29) is 22.8 Å². The molecule has 148 valence electrons. The van der Waals surface area contributed by atoms with Crippen LogP contribution < -0.4 is 10.1 Å². The highest BCUT2D eigenvalue weighted by atomic mass is 32.2. The lowest BCUT2D eigenvalue weighted by atomic mass is 9.97. The van der Waals surface area contributed by atoms with Gasteiger partial charge in [-0.2, -0.15) is 4.31 Å². The van der Waals surface area contributed by atoms with Crippen molar-refractivity contribution < 1.29 is 17.9 Å². The number of amides is 1. The van der Waals surface area contributed by atoms with Crippen LogP contribution >= 0.6 is 0 Å². The molecule has 2 aromatic carbocycles. The lowest BCUT2D eigenvalue weighted by Crippen LogP contribution is -2.27. The van der Waals surface area contributed by atoms with Crippen LogP contribution in [-0.2, 0) is 10.0 Å². The Morgan fingerprint density at radius 2 is 1.82 bits per heavy atom. The monoisotopic (exact) mass is 400 g/mol. The van der Waals surface area contributed by atoms with Gasteiger partial charge in [0, 0.05) is 30.3 Å². The van der Waals surface area contributed by atoms with Gasteiger partial charge in [-0.05, 0) is 44.0 Å². The summed E-state index contributed by atoms with van der Waals surface area (Å²) in [6, 6.07) is 12.0. The molecule has 0 radical (unpaired) electrons. The summed E-state index contributed by atoms with van der Waals surface area (Å²) < 4.78 is 32.9. The Labute approximate surface area is 165 Å². The van der Waals surface area contributed by atoms with Crippen molar-refractivity contribution in [2.75, 3.05) is 18.4 Å². The molecule has 0 unspecified atom stereocenters. The molecule has 1 saturated heterocycles. The van der Waals surface area contributed by atoms with Gasteiger partial charge in [-0.15, -0.1) is 0 Å². The van der Waals surface area contributed by atoms with Crippen LogP contribution in [0, 0.1) is 0 Å². The number of anilines is 1. The van der Waals surface area contributed by atoms with Crippen molar-refractivity contribution in [3.8, 4) is 5.75 Å². The minimum Gasteiger partial charge on any atom is -0.489 e. The van der Waals surface area contributed by atoms with Crippen molar-refractivity contribution in [3.05, 3.63) is 53.6 Å². The van der Waals surface area contributed by atoms with Gasteiger partial charge < -0.3 is 10.1 Å². The fourth-order valence-electron chi connectivity index (χ4n) is 3.77. The number of nitrogens with zero attached hydrogens (tertiary/aromatic N) is 1. The summed E-state index contributed by atoms with van der Waals surface area (Å²) >= 11 is 0. The molecule has 1 fully saturated rings. The number of para-hydroxylation sites is 1. The van der Waals surface area contributed by atoms with Gasteiger partial charge in [0.1, 0.15) is 11.9 Å². The van der Waals surface area contributed by atoms with Gasteiger partial charge in [0.15, 0.2) is 0 Å². The highest BCUT2D eigenvalue weighted by molar-refractivity contribution is 7.89. The smallest absolute Gasteiger partial charge is 0.259 e. The molecule has 7 heteroatoms. The number of benzene rings is 2. The van der Waals surface area contributed by atoms with Crippen molar-refractivity contribution in [1.82, 2.24) is 4.31 Å². The maximum atomic E-state index is 12.9. The predicted molar refractivity (Wildman–Crippen MR) is 107 cm³/mol. The fraction of sp³-hybridized carbons (Fsp3) is 0.381. The summed E-state index contributed by atoms with van der Waals surface area (Å²) in [5.74, 6) is 0.520. The van der Waals surface area contributed by atoms with Crippen molar-refractivity contribution in [3.63, 3.8) is 0 Å². The van der Waals surface area contributed by atoms with Crippen LogP contribution in [0.4, 0.5) is 5.69 Å². The third-order valence-electron chi connectivity index (χ3n) is 5.58. The maximum Gasteiger partial charge on any atom is 0.259 e. The largest absolute Gasteiger partial charge is 0.489 e. The van der Waals surface area contributed by atoms with Gasteiger partial charge in [-0.25, -0.2) is 8.42 Å². The van der Waals surface area contributed by atoms with Crippen LogP contribution in [0.2, 0.25) is 0 Å². The Hall–Kier alpha value is -2.38. The molecule has 0 aliphatic carbocycles. The molecule has 0 saturated carbocycles. The summed E-state index contributed by atoms with van der Waals surface area (Å²) in [6.07, 6.45) is 1.77. The summed E-state index contributed by atoms with van der Waals surface area (Å²) in [7, 11) is -3.53. The minimum absolute atomic E-state index is 0.0119. The van der Waals surface area contributed by atoms with Crippen LogP contribution in [-0.4, -0.2) is 37.8 Å². The number of hydrogen-bond acceptors (Lipinski definition) is 4. The third kappa shape index (κ3) is 3.29. The molecule has 1 amide bonds. The van der Waals surface area contributed by atoms with E-state index in [9.17, 15) is 13.2 Å². The van der Waals surface area contributed by atoms with E-state index in [0.717, 1.165) is 18.4 Å². The molecule has 0 bridgehead atoms. The van der Waals surface area contributed by atoms with Crippen LogP contribution in [0.1, 0.15) is 48.5 Å². The quantitative estimate of drug-likeness (QED) is 0.851. The first-order valence-electron chi connectivity index (χ1n) is 9.59. The van der Waals surface area contributed by atoms with E-state index < -0.39 is 10.0 Å². The van der Waals surface area contributed by atoms with E-state index in [1.165, 1.54) is 10.4 Å². The number of carbonyl (C=O) groups is 1. The SMILES string of the molecule is C[C@@H]1Oc2c(C(=O)Nc3cccc(S(=O)(=O)N4CCCC4)c3)cccc2[C@@H]1C. The van der Waals surface area contributed by atoms with Crippen LogP contribution in [0.15, 0.2) is 47.4 Å². The van der Waals surface area contributed by atoms with Crippen molar-refractivity contribution >= 4 is 21.6 Å². The molecule has 2 aliphatic heterocycles. The van der Waals surface area contributed by atoms with Gasteiger partial charge in [-0.3, -0.25) is 4.79 Å². The molecule has 2 heterocycles. The molecule has 28 heavy (non-hydrogen) atoms. The zero-order valence-electron chi connectivity index (χ0n) is 16.0. The summed E-state index contributed by atoms with van der Waals surface area (Å²) in [5.41, 5.74) is 1.92. The Morgan fingerprint density at radius 1 is 1.11 bits per heavy atom. The van der Waals surface area contributed by atoms with Crippen molar-refractivity contribution in [2.45, 2.75) is 43.6 Å². The average molecular weight is 401 g/mol. The van der Waals surface area contributed by atoms with Gasteiger partial charge in [0.2, 0.25) is 10.0 Å². The Morgan fingerprint density at radius 3 is 2.57 bits per heavy atom. The fourth-order valence-corrected chi connectivity index (χ4v) is 5.34. The van der Waals surface area contributed by atoms with E-state index in [0.29, 0.717) is 30.1 Å². The third-order valence-corrected chi connectivity index (χ3v) is 7.48. The number of nitrogens with one attached hydrogen (secondary N) is 1. The number of sulfonamides is 1. The predicted octanol–water partition coefficient (Wildman–Crippen LogP) is 3.61. The highest BCUT2D eigenvalue weighted by Gasteiger charge is 2.31. The Kier molecular flexibility index (Phi) is 4.89. The molecule has 1 N–H and O–H groups in total. The molecule has 4 rings (SSSR count). The van der Waals surface area contributed by atoms with Gasteiger partial charge >= 0.3 is 0 Å². The standard InChI is InChI=1S/C21H24N2O4S/c1-14-15(2)27-20-18(14)9-6-10-19(20)21(24)22-16-7-5-8-17(13-16)28(25,26)23-11-3-4-12-23/h5-10,13-15H,3-4,11-12H2,1-2H3,(H,22,24)/t14-,15+/m1/s1. The first-order chi connectivity index (χ1) is 13.4. The number of carbonyl (C=O) groups excluding carboxylic acids is 1. The molecular formula is C21H24N2O4S. The Balaban J connectivity index is 1.59. The molecule has 2 aromatic rings. The second kappa shape index (κ2) is 7.22. The number of fused-ring (bicyclic) bond motifs is 1. The number of hydrogen-bond donors (Lipinski definition) is 1. The minimum atomic E-state index is -3.53. The molecular weight excluding hydrogens is 376 g/mol. The van der Waals surface area contributed by atoms with Gasteiger partial charge in [0.05, 0.1) is 10.5 Å². The van der Waals surface area contributed by atoms with Crippen LogP contribution in [0.25, 0.3) is 0 Å². The molecule has 0 aromatic heterocycles. The maximum absolute atomic E-state index is 12.9. The van der Waals surface area contributed by atoms with E-state index in [1.807, 2.05) is 19.1 Å². The second-order valence-electron chi connectivity index (χ2n) is 7.43.